The van der Waals surface area contributed by atoms with Crippen LogP contribution >= 0.6 is 11.6 Å². The number of benzene rings is 1. The van der Waals surface area contributed by atoms with Gasteiger partial charge in [0.15, 0.2) is 0 Å². The lowest BCUT2D eigenvalue weighted by molar-refractivity contribution is 0.281. The zero-order chi connectivity index (χ0) is 13.0. The SMILES string of the molecule is CCCC1CCCCN1c1ccc(Cl)cc1CO. The molecule has 1 aliphatic heterocycles. The molecule has 1 N–H and O–H groups in total. The van der Waals surface area contributed by atoms with E-state index in [9.17, 15) is 5.11 Å². The predicted octanol–water partition coefficient (Wildman–Crippen LogP) is 3.99. The number of hydrogen-bond acceptors (Lipinski definition) is 2. The van der Waals surface area contributed by atoms with Crippen molar-refractivity contribution in [3.8, 4) is 0 Å². The molecule has 2 rings (SSSR count). The first-order valence-corrected chi connectivity index (χ1v) is 7.30. The van der Waals surface area contributed by atoms with Crippen molar-refractivity contribution < 1.29 is 5.11 Å². The molecule has 0 radical (unpaired) electrons. The molecule has 2 nitrogen and oxygen atoms in total. The first-order valence-electron chi connectivity index (χ1n) is 6.92. The van der Waals surface area contributed by atoms with Gasteiger partial charge in [-0.25, -0.2) is 0 Å². The van der Waals surface area contributed by atoms with Crippen LogP contribution < -0.4 is 4.90 Å². The number of halogens is 1. The first kappa shape index (κ1) is 13.7. The van der Waals surface area contributed by atoms with E-state index in [4.69, 9.17) is 11.6 Å². The molecule has 1 aliphatic rings. The van der Waals surface area contributed by atoms with Crippen LogP contribution in [0.25, 0.3) is 0 Å². The molecule has 1 atom stereocenters. The standard InChI is InChI=1S/C15H22ClNO/c1-2-5-14-6-3-4-9-17(14)15-8-7-13(16)10-12(15)11-18/h7-8,10,14,18H,2-6,9,11H2,1H3. The van der Waals surface area contributed by atoms with Gasteiger partial charge >= 0.3 is 0 Å². The Hall–Kier alpha value is -0.730. The van der Waals surface area contributed by atoms with Crippen LogP contribution in [0.15, 0.2) is 18.2 Å². The van der Waals surface area contributed by atoms with Crippen LogP contribution in [0.4, 0.5) is 5.69 Å². The molecule has 1 aromatic rings. The van der Waals surface area contributed by atoms with Gasteiger partial charge in [0.2, 0.25) is 0 Å². The lowest BCUT2D eigenvalue weighted by Gasteiger charge is -2.38. The third-order valence-corrected chi connectivity index (χ3v) is 4.01. The largest absolute Gasteiger partial charge is 0.392 e. The first-order chi connectivity index (χ1) is 8.76. The molecule has 18 heavy (non-hydrogen) atoms. The summed E-state index contributed by atoms with van der Waals surface area (Å²) in [6, 6.07) is 6.49. The maximum Gasteiger partial charge on any atom is 0.0702 e. The highest BCUT2D eigenvalue weighted by Gasteiger charge is 2.23. The van der Waals surface area contributed by atoms with Gasteiger partial charge in [-0.15, -0.1) is 0 Å². The summed E-state index contributed by atoms with van der Waals surface area (Å²) in [5, 5.41) is 10.2. The van der Waals surface area contributed by atoms with Crippen LogP contribution in [0.3, 0.4) is 0 Å². The third-order valence-electron chi connectivity index (χ3n) is 3.77. The zero-order valence-corrected chi connectivity index (χ0v) is 11.8. The van der Waals surface area contributed by atoms with Gasteiger partial charge in [-0.05, 0) is 43.9 Å². The number of aliphatic hydroxyl groups is 1. The maximum atomic E-state index is 9.50. The van der Waals surface area contributed by atoms with Gasteiger partial charge in [-0.3, -0.25) is 0 Å². The normalized spacial score (nSPS) is 20.2. The molecule has 0 aliphatic carbocycles. The van der Waals surface area contributed by atoms with Crippen LogP contribution in [0.1, 0.15) is 44.6 Å². The van der Waals surface area contributed by atoms with Crippen LogP contribution in [0.2, 0.25) is 5.02 Å². The quantitative estimate of drug-likeness (QED) is 0.892. The van der Waals surface area contributed by atoms with Crippen molar-refractivity contribution in [1.29, 1.82) is 0 Å². The summed E-state index contributed by atoms with van der Waals surface area (Å²) in [6.45, 7) is 3.39. The molecule has 0 aromatic heterocycles. The van der Waals surface area contributed by atoms with E-state index in [1.54, 1.807) is 0 Å². The molecule has 100 valence electrons. The predicted molar refractivity (Wildman–Crippen MR) is 77.3 cm³/mol. The van der Waals surface area contributed by atoms with E-state index >= 15 is 0 Å². The highest BCUT2D eigenvalue weighted by Crippen LogP contribution is 2.31. The molecule has 1 saturated heterocycles. The summed E-state index contributed by atoms with van der Waals surface area (Å²) in [5.41, 5.74) is 2.12. The number of hydrogen-bond donors (Lipinski definition) is 1. The van der Waals surface area contributed by atoms with Crippen LogP contribution in [0, 0.1) is 0 Å². The van der Waals surface area contributed by atoms with Crippen molar-refractivity contribution in [1.82, 2.24) is 0 Å². The van der Waals surface area contributed by atoms with E-state index in [1.165, 1.54) is 37.8 Å². The summed E-state index contributed by atoms with van der Waals surface area (Å²) in [6.07, 6.45) is 6.27. The van der Waals surface area contributed by atoms with Gasteiger partial charge in [-0.1, -0.05) is 24.9 Å². The average molecular weight is 268 g/mol. The number of anilines is 1. The Morgan fingerprint density at radius 1 is 1.39 bits per heavy atom. The molecule has 0 saturated carbocycles. The highest BCUT2D eigenvalue weighted by molar-refractivity contribution is 6.30. The Labute approximate surface area is 115 Å². The van der Waals surface area contributed by atoms with Crippen LogP contribution in [-0.4, -0.2) is 17.7 Å². The lowest BCUT2D eigenvalue weighted by atomic mass is 9.96. The second-order valence-corrected chi connectivity index (χ2v) is 5.50. The molecule has 1 aromatic carbocycles. The second-order valence-electron chi connectivity index (χ2n) is 5.06. The summed E-state index contributed by atoms with van der Waals surface area (Å²) in [5.74, 6) is 0. The van der Waals surface area contributed by atoms with E-state index in [-0.39, 0.29) is 6.61 Å². The van der Waals surface area contributed by atoms with Crippen molar-refractivity contribution >= 4 is 17.3 Å². The molecule has 1 unspecified atom stereocenters. The van der Waals surface area contributed by atoms with E-state index in [1.807, 2.05) is 12.1 Å². The van der Waals surface area contributed by atoms with Crippen LogP contribution in [-0.2, 0) is 6.61 Å². The summed E-state index contributed by atoms with van der Waals surface area (Å²) in [4.78, 5) is 2.47. The van der Waals surface area contributed by atoms with Gasteiger partial charge in [0.05, 0.1) is 6.61 Å². The Morgan fingerprint density at radius 3 is 2.94 bits per heavy atom. The van der Waals surface area contributed by atoms with Crippen molar-refractivity contribution in [2.24, 2.45) is 0 Å². The molecule has 0 bridgehead atoms. The summed E-state index contributed by atoms with van der Waals surface area (Å²) >= 11 is 6.00. The van der Waals surface area contributed by atoms with Crippen molar-refractivity contribution in [2.45, 2.75) is 51.7 Å². The van der Waals surface area contributed by atoms with Gasteiger partial charge in [0, 0.05) is 28.9 Å². The van der Waals surface area contributed by atoms with E-state index in [2.05, 4.69) is 17.9 Å². The second kappa shape index (κ2) is 6.44. The molecular weight excluding hydrogens is 246 g/mol. The lowest BCUT2D eigenvalue weighted by Crippen LogP contribution is -2.40. The smallest absolute Gasteiger partial charge is 0.0702 e. The Balaban J connectivity index is 2.27. The van der Waals surface area contributed by atoms with Crippen molar-refractivity contribution in [3.05, 3.63) is 28.8 Å². The van der Waals surface area contributed by atoms with E-state index in [0.29, 0.717) is 11.1 Å². The van der Waals surface area contributed by atoms with E-state index < -0.39 is 0 Å². The number of aliphatic hydroxyl groups excluding tert-OH is 1. The molecule has 1 heterocycles. The van der Waals surface area contributed by atoms with Crippen LogP contribution in [0.5, 0.6) is 0 Å². The third kappa shape index (κ3) is 2.99. The molecular formula is C15H22ClNO. The fraction of sp³-hybridized carbons (Fsp3) is 0.600. The highest BCUT2D eigenvalue weighted by atomic mass is 35.5. The van der Waals surface area contributed by atoms with Gasteiger partial charge in [0.1, 0.15) is 0 Å². The molecule has 1 fully saturated rings. The minimum Gasteiger partial charge on any atom is -0.392 e. The Morgan fingerprint density at radius 2 is 2.22 bits per heavy atom. The monoisotopic (exact) mass is 267 g/mol. The number of rotatable bonds is 4. The minimum absolute atomic E-state index is 0.0608. The number of piperidine rings is 1. The average Bonchev–Trinajstić information content (AvgIpc) is 2.40. The van der Waals surface area contributed by atoms with Gasteiger partial charge in [0.25, 0.3) is 0 Å². The molecule has 3 heteroatoms. The number of nitrogens with zero attached hydrogens (tertiary/aromatic N) is 1. The minimum atomic E-state index is 0.0608. The van der Waals surface area contributed by atoms with Crippen molar-refractivity contribution in [2.75, 3.05) is 11.4 Å². The molecule has 0 amide bonds. The topological polar surface area (TPSA) is 23.5 Å². The molecule has 0 spiro atoms. The fourth-order valence-electron chi connectivity index (χ4n) is 2.91. The van der Waals surface area contributed by atoms with Gasteiger partial charge in [-0.2, -0.15) is 0 Å². The summed E-state index contributed by atoms with van der Waals surface area (Å²) in [7, 11) is 0. The Kier molecular flexibility index (Phi) is 4.90. The van der Waals surface area contributed by atoms with Crippen molar-refractivity contribution in [3.63, 3.8) is 0 Å². The van der Waals surface area contributed by atoms with Gasteiger partial charge < -0.3 is 10.0 Å². The summed E-state index contributed by atoms with van der Waals surface area (Å²) < 4.78 is 0. The van der Waals surface area contributed by atoms with E-state index in [0.717, 1.165) is 12.1 Å². The zero-order valence-electron chi connectivity index (χ0n) is 11.0. The Bertz CT molecular complexity index is 392. The fourth-order valence-corrected chi connectivity index (χ4v) is 3.11. The maximum absolute atomic E-state index is 9.50.